The molecule has 3 radical (unpaired) electrons. The van der Waals surface area contributed by atoms with Crippen LogP contribution in [0.5, 0.6) is 0 Å². The van der Waals surface area contributed by atoms with Gasteiger partial charge < -0.3 is 24.2 Å². The Morgan fingerprint density at radius 2 is 0.761 bits per heavy atom. The number of pyridine rings is 4. The van der Waals surface area contributed by atoms with Crippen LogP contribution in [-0.4, -0.2) is 76.8 Å². The summed E-state index contributed by atoms with van der Waals surface area (Å²) in [5.41, 5.74) is 20.2. The SMILES string of the molecule is CC(C)C(=O)C=C(O)C(C)C.CC(C)C(=O)C=C(O)C(C)C.CCC(C)(CC)C(=O)C=C(O)C(C)(CC)CC.C[Si](C)(C)c1cc(-c2[c-]cc3oc4ccccc4c3c2)nc2ccc(-c3ccccc3)cc12.C[Si](C)(C)c1cc(-c2[c-]ccc3c2sc2ccccc23)nc2ccc(-c3ccccc3)cc12.Cc1ccc2c(n1)oc1c[c-]c(-c3cc([Si](C)(C)C)c4cc(-c5ccccc5)ccc4n3)cc12.[Ir].[Ir].[Ir]. The van der Waals surface area contributed by atoms with Crippen molar-refractivity contribution in [2.45, 2.75) is 188 Å². The predicted octanol–water partition coefficient (Wildman–Crippen LogP) is 32.9. The molecule has 0 aliphatic rings. The molecule has 0 amide bonds. The molecule has 0 saturated carbocycles. The molecule has 0 unspecified atom stereocenters. The molecule has 0 aliphatic carbocycles. The summed E-state index contributed by atoms with van der Waals surface area (Å²) in [5, 5.41) is 43.5. The zero-order valence-corrected chi connectivity index (χ0v) is 97.3. The first kappa shape index (κ1) is 113. The number of aromatic nitrogens is 4. The van der Waals surface area contributed by atoms with Crippen molar-refractivity contribution < 1.29 is 98.9 Å². The summed E-state index contributed by atoms with van der Waals surface area (Å²) >= 11 is 1.84. The molecule has 19 heteroatoms. The Morgan fingerprint density at radius 3 is 1.18 bits per heavy atom. The van der Waals surface area contributed by atoms with E-state index in [-0.39, 0.29) is 129 Å². The number of aryl methyl sites for hydroxylation is 1. The van der Waals surface area contributed by atoms with Crippen molar-refractivity contribution in [3.8, 4) is 67.2 Å². The quantitative estimate of drug-likeness (QED) is 0.0252. The Kier molecular flexibility index (Phi) is 38.5. The number of fused-ring (bicyclic) bond motifs is 12. The van der Waals surface area contributed by atoms with E-state index in [0.29, 0.717) is 5.71 Å². The first-order valence-corrected chi connectivity index (χ1v) is 60.1. The molecule has 0 bridgehead atoms. The number of hydrogen-bond donors (Lipinski definition) is 3. The van der Waals surface area contributed by atoms with E-state index in [2.05, 4.69) is 313 Å². The fourth-order valence-electron chi connectivity index (χ4n) is 16.6. The molecule has 741 valence electrons. The second-order valence-electron chi connectivity index (χ2n) is 41.1. The fourth-order valence-corrected chi connectivity index (χ4v) is 22.5. The standard InChI is InChI=1S/C30H25N2OSi.C30H24NOSi.C30H24NSSi.C15H28O2.2C9H16O2.3Ir/c1-19-10-13-23-24-17-22(12-15-28(24)33-30(23)31-19)27-18-29(34(2,3)4)25-16-21(11-14-26(25)32-27)20-8-6-5-7-9-20;1-33(2,3)30-19-27(22-14-16-29-24(18-22)23-11-7-8-12-28(23)32-29)31-26-15-13-21(17-25(26)30)20-9-5-4-6-10-20;1-33(2,3)29-19-27(24-14-9-13-23-22-12-7-8-15-28(22)32-30(23)24)31-26-17-16-21(18-25(26)29)20-10-5-4-6-11-20;1-7-14(5,8-2)12(16)11-13(17)15(6,9-3)10-4;2*1-6(2)8(10)5-9(11)7(3)4;;;/h5-11,13-18H,1-4H3;2*4-13,15-19H,1-3H3;11,16H,7-10H2,1-6H3;2*5-7,10H,1-4H3;;;/q3*-1;;;;;;. The topological polar surface area (TPSA) is 190 Å². The van der Waals surface area contributed by atoms with Gasteiger partial charge in [0.2, 0.25) is 5.71 Å². The van der Waals surface area contributed by atoms with Crippen LogP contribution in [0.2, 0.25) is 58.9 Å². The second-order valence-corrected chi connectivity index (χ2v) is 57.3. The molecule has 0 fully saturated rings. The number of carbonyl (C=O) groups is 3. The molecule has 0 saturated heterocycles. The van der Waals surface area contributed by atoms with Gasteiger partial charge in [-0.1, -0.05) is 351 Å². The molecular weight excluding hydrogens is 2350 g/mol. The van der Waals surface area contributed by atoms with Crippen LogP contribution in [0.3, 0.4) is 0 Å². The van der Waals surface area contributed by atoms with Gasteiger partial charge in [-0.05, 0) is 170 Å². The predicted molar refractivity (Wildman–Crippen MR) is 597 cm³/mol. The van der Waals surface area contributed by atoms with Gasteiger partial charge in [-0.2, -0.15) is 11.3 Å². The maximum absolute atomic E-state index is 12.2. The first-order chi connectivity index (χ1) is 66.0. The van der Waals surface area contributed by atoms with E-state index in [9.17, 15) is 29.7 Å². The summed E-state index contributed by atoms with van der Waals surface area (Å²) in [6, 6.07) is 102. The summed E-state index contributed by atoms with van der Waals surface area (Å²) in [7, 11) is -4.94. The van der Waals surface area contributed by atoms with Crippen LogP contribution >= 0.6 is 11.3 Å². The first-order valence-electron chi connectivity index (χ1n) is 48.8. The Morgan fingerprint density at radius 1 is 0.373 bits per heavy atom. The van der Waals surface area contributed by atoms with Crippen molar-refractivity contribution in [2.24, 2.45) is 34.5 Å². The van der Waals surface area contributed by atoms with E-state index in [0.717, 1.165) is 120 Å². The van der Waals surface area contributed by atoms with E-state index in [1.54, 1.807) is 0 Å². The van der Waals surface area contributed by atoms with Crippen LogP contribution in [0, 0.1) is 59.6 Å². The molecule has 7 aromatic heterocycles. The van der Waals surface area contributed by atoms with Crippen molar-refractivity contribution >= 4 is 165 Å². The number of nitrogens with zero attached hydrogens (tertiary/aromatic N) is 4. The number of aliphatic hydroxyl groups is 3. The smallest absolute Gasteiger partial charge is 0.216 e. The Hall–Kier alpha value is -11.2. The number of aliphatic hydroxyl groups excluding tert-OH is 3. The minimum absolute atomic E-state index is 0. The van der Waals surface area contributed by atoms with Gasteiger partial charge in [0.15, 0.2) is 17.3 Å². The molecular formula is C123H133Ir3N4O8SSi3-3. The monoisotopic (exact) mass is 2490 g/mol. The number of thiophene rings is 1. The number of carbonyl (C=O) groups excluding carboxylic acids is 3. The van der Waals surface area contributed by atoms with Gasteiger partial charge in [0.1, 0.15) is 11.3 Å². The minimum atomic E-state index is -1.66. The van der Waals surface area contributed by atoms with Crippen molar-refractivity contribution in [2.75, 3.05) is 0 Å². The average molecular weight is 2490 g/mol. The summed E-state index contributed by atoms with van der Waals surface area (Å²) in [4.78, 5) is 54.1. The summed E-state index contributed by atoms with van der Waals surface area (Å²) in [6.07, 6.45) is 7.38. The second kappa shape index (κ2) is 48.5. The van der Waals surface area contributed by atoms with E-state index < -0.39 is 24.2 Å². The molecule has 0 atom stereocenters. The fraction of sp³-hybridized carbons (Fsp3) is 0.276. The Bertz CT molecular complexity index is 7550. The summed E-state index contributed by atoms with van der Waals surface area (Å²) in [5.74, 6) is 0.607. The van der Waals surface area contributed by atoms with Crippen molar-refractivity contribution in [3.05, 3.63) is 320 Å². The van der Waals surface area contributed by atoms with Crippen LogP contribution < -0.4 is 15.6 Å². The van der Waals surface area contributed by atoms with Crippen LogP contribution in [-0.2, 0) is 74.7 Å². The molecule has 18 aromatic rings. The largest absolute Gasteiger partial charge is 0.512 e. The number of benzene rings is 11. The number of furan rings is 2. The zero-order chi connectivity index (χ0) is 100. The van der Waals surface area contributed by atoms with Gasteiger partial charge in [0, 0.05) is 134 Å². The number of para-hydroxylation sites is 1. The average Bonchev–Trinajstić information content (AvgIpc) is 0.982. The van der Waals surface area contributed by atoms with Gasteiger partial charge in [-0.25, -0.2) is 4.98 Å². The van der Waals surface area contributed by atoms with Gasteiger partial charge in [0.05, 0.1) is 63.5 Å². The molecule has 11 aromatic carbocycles. The van der Waals surface area contributed by atoms with Crippen LogP contribution in [0.15, 0.2) is 305 Å². The summed E-state index contributed by atoms with van der Waals surface area (Å²) < 4.78 is 14.6. The van der Waals surface area contributed by atoms with E-state index in [1.165, 1.54) is 103 Å². The van der Waals surface area contributed by atoms with Gasteiger partial charge in [-0.15, -0.1) is 71.3 Å². The van der Waals surface area contributed by atoms with Crippen molar-refractivity contribution in [1.29, 1.82) is 0 Å². The van der Waals surface area contributed by atoms with Crippen LogP contribution in [0.25, 0.3) is 164 Å². The normalized spacial score (nSPS) is 12.2. The van der Waals surface area contributed by atoms with Gasteiger partial charge >= 0.3 is 0 Å². The molecule has 18 rings (SSSR count). The molecule has 12 nitrogen and oxygen atoms in total. The van der Waals surface area contributed by atoms with Gasteiger partial charge in [-0.3, -0.25) is 29.3 Å². The van der Waals surface area contributed by atoms with Crippen molar-refractivity contribution in [1.82, 2.24) is 19.9 Å². The third-order valence-electron chi connectivity index (χ3n) is 26.5. The van der Waals surface area contributed by atoms with Crippen LogP contribution in [0.4, 0.5) is 0 Å². The molecule has 3 N–H and O–H groups in total. The summed E-state index contributed by atoms with van der Waals surface area (Å²) in [6.45, 7) is 50.3. The van der Waals surface area contributed by atoms with Gasteiger partial charge in [0.25, 0.3) is 0 Å². The van der Waals surface area contributed by atoms with Crippen LogP contribution in [0.1, 0.15) is 128 Å². The van der Waals surface area contributed by atoms with E-state index in [1.807, 2.05) is 146 Å². The minimum Gasteiger partial charge on any atom is -0.512 e. The van der Waals surface area contributed by atoms with Crippen molar-refractivity contribution in [3.63, 3.8) is 0 Å². The maximum atomic E-state index is 12.2. The molecule has 7 heterocycles. The van der Waals surface area contributed by atoms with E-state index in [4.69, 9.17) is 23.8 Å². The molecule has 142 heavy (non-hydrogen) atoms. The van der Waals surface area contributed by atoms with E-state index >= 15 is 0 Å². The number of rotatable bonds is 22. The third-order valence-corrected chi connectivity index (χ3v) is 33.8. The Balaban J connectivity index is 0.000000184. The molecule has 0 spiro atoms. The Labute approximate surface area is 886 Å². The third kappa shape index (κ3) is 26.7. The maximum Gasteiger partial charge on any atom is 0.216 e. The number of ketones is 3. The number of allylic oxidation sites excluding steroid dienone is 6. The molecule has 0 aliphatic heterocycles. The number of hydrogen-bond acceptors (Lipinski definition) is 13. The zero-order valence-electron chi connectivity index (χ0n) is 86.3.